The van der Waals surface area contributed by atoms with Crippen LogP contribution in [0.2, 0.25) is 5.02 Å². The van der Waals surface area contributed by atoms with Crippen molar-refractivity contribution < 1.29 is 23.8 Å². The van der Waals surface area contributed by atoms with E-state index in [1.54, 1.807) is 19.1 Å². The highest BCUT2D eigenvalue weighted by Gasteiger charge is 2.46. The minimum Gasteiger partial charge on any atom is -0.468 e. The van der Waals surface area contributed by atoms with Crippen molar-refractivity contribution in [3.05, 3.63) is 34.0 Å². The second-order valence-corrected chi connectivity index (χ2v) is 8.67. The molecule has 1 aliphatic carbocycles. The number of ketones is 1. The Bertz CT molecular complexity index is 946. The smallest absolute Gasteiger partial charge is 0.315 e. The van der Waals surface area contributed by atoms with Crippen LogP contribution in [-0.2, 0) is 14.3 Å². The summed E-state index contributed by atoms with van der Waals surface area (Å²) in [6.07, 6.45) is 1.06. The third-order valence-electron chi connectivity index (χ3n) is 5.58. The number of Topliss-reactive ketones (excluding diaryl/α,β-unsaturated/α-hetero) is 1. The highest BCUT2D eigenvalue weighted by atomic mass is 35.5. The zero-order valence-corrected chi connectivity index (χ0v) is 17.1. The fourth-order valence-electron chi connectivity index (χ4n) is 4.38. The predicted molar refractivity (Wildman–Crippen MR) is 104 cm³/mol. The van der Waals surface area contributed by atoms with Crippen molar-refractivity contribution in [2.24, 2.45) is 16.3 Å². The lowest BCUT2D eigenvalue weighted by molar-refractivity contribution is -0.143. The summed E-state index contributed by atoms with van der Waals surface area (Å²) in [5, 5.41) is 0.419. The first-order valence-corrected chi connectivity index (χ1v) is 9.58. The van der Waals surface area contributed by atoms with Gasteiger partial charge in [-0.15, -0.1) is 0 Å². The zero-order chi connectivity index (χ0) is 20.2. The molecule has 0 fully saturated rings. The molecule has 1 aromatic rings. The van der Waals surface area contributed by atoms with Gasteiger partial charge in [0.15, 0.2) is 17.3 Å². The minimum atomic E-state index is -0.716. The van der Waals surface area contributed by atoms with Gasteiger partial charge in [0.05, 0.1) is 7.11 Å². The number of ether oxygens (including phenoxy) is 3. The number of carbonyl (C=O) groups excluding carboxylic acids is 2. The maximum atomic E-state index is 13.2. The number of allylic oxidation sites excluding steroid dienone is 2. The normalized spacial score (nSPS) is 25.3. The van der Waals surface area contributed by atoms with Gasteiger partial charge in [-0.3, -0.25) is 14.6 Å². The predicted octanol–water partition coefficient (Wildman–Crippen LogP) is 4.06. The van der Waals surface area contributed by atoms with Crippen molar-refractivity contribution in [1.82, 2.24) is 0 Å². The molecule has 2 heterocycles. The highest BCUT2D eigenvalue weighted by Crippen LogP contribution is 2.51. The summed E-state index contributed by atoms with van der Waals surface area (Å²) >= 11 is 6.58. The van der Waals surface area contributed by atoms with E-state index < -0.39 is 17.8 Å². The van der Waals surface area contributed by atoms with Crippen LogP contribution in [0.5, 0.6) is 11.5 Å². The molecule has 1 unspecified atom stereocenters. The van der Waals surface area contributed by atoms with E-state index >= 15 is 0 Å². The summed E-state index contributed by atoms with van der Waals surface area (Å²) in [4.78, 5) is 30.5. The molecule has 4 rings (SSSR count). The molecule has 7 heteroatoms. The van der Waals surface area contributed by atoms with Gasteiger partial charge in [-0.05, 0) is 30.4 Å². The first-order valence-electron chi connectivity index (χ1n) is 9.20. The number of carbonyl (C=O) groups is 2. The average Bonchev–Trinajstić information content (AvgIpc) is 3.05. The van der Waals surface area contributed by atoms with Crippen molar-refractivity contribution in [1.29, 1.82) is 0 Å². The standard InChI is InChI=1S/C21H22ClNO5/c1-10-17(20(25)26-4)18(11-5-15-16(6-12(11)22)28-9-27-15)19-13(23-10)7-21(2,3)8-14(19)24/h5-6,17-18H,7-9H2,1-4H3/t17?,18-/m0/s1. The van der Waals surface area contributed by atoms with Crippen LogP contribution >= 0.6 is 11.6 Å². The summed E-state index contributed by atoms with van der Waals surface area (Å²) in [5.41, 5.74) is 2.38. The Morgan fingerprint density at radius 1 is 1.25 bits per heavy atom. The first kappa shape index (κ1) is 19.0. The monoisotopic (exact) mass is 403 g/mol. The molecule has 0 bridgehead atoms. The maximum absolute atomic E-state index is 13.2. The lowest BCUT2D eigenvalue weighted by Crippen LogP contribution is -2.39. The molecule has 2 aliphatic heterocycles. The van der Waals surface area contributed by atoms with Gasteiger partial charge in [0.25, 0.3) is 0 Å². The molecule has 0 amide bonds. The van der Waals surface area contributed by atoms with E-state index in [0.29, 0.717) is 46.2 Å². The number of hydrogen-bond donors (Lipinski definition) is 0. The Balaban J connectivity index is 1.93. The van der Waals surface area contributed by atoms with Gasteiger partial charge in [0.2, 0.25) is 6.79 Å². The van der Waals surface area contributed by atoms with Crippen LogP contribution in [0, 0.1) is 11.3 Å². The van der Waals surface area contributed by atoms with Crippen LogP contribution in [0.15, 0.2) is 28.4 Å². The lowest BCUT2D eigenvalue weighted by Gasteiger charge is -2.39. The fourth-order valence-corrected chi connectivity index (χ4v) is 4.66. The molecule has 148 valence electrons. The summed E-state index contributed by atoms with van der Waals surface area (Å²) < 4.78 is 15.9. The molecular formula is C21H22ClNO5. The van der Waals surface area contributed by atoms with Crippen LogP contribution < -0.4 is 9.47 Å². The number of hydrogen-bond acceptors (Lipinski definition) is 6. The fraction of sp³-hybridized carbons (Fsp3) is 0.476. The van der Waals surface area contributed by atoms with Crippen molar-refractivity contribution in [3.8, 4) is 11.5 Å². The van der Waals surface area contributed by atoms with E-state index in [0.717, 1.165) is 5.70 Å². The molecule has 0 spiro atoms. The first-order chi connectivity index (χ1) is 13.2. The van der Waals surface area contributed by atoms with Gasteiger partial charge in [-0.25, -0.2) is 0 Å². The number of benzene rings is 1. The minimum absolute atomic E-state index is 0.00450. The Kier molecular flexibility index (Phi) is 4.49. The Hall–Kier alpha value is -2.34. The topological polar surface area (TPSA) is 74.2 Å². The number of fused-ring (bicyclic) bond motifs is 1. The molecule has 0 N–H and O–H groups in total. The number of aliphatic imine (C=N–C) groups is 1. The van der Waals surface area contributed by atoms with E-state index in [1.807, 2.05) is 0 Å². The molecule has 0 saturated heterocycles. The second kappa shape index (κ2) is 6.62. The van der Waals surface area contributed by atoms with Gasteiger partial charge < -0.3 is 14.2 Å². The van der Waals surface area contributed by atoms with Gasteiger partial charge in [0, 0.05) is 40.4 Å². The molecule has 0 saturated carbocycles. The van der Waals surface area contributed by atoms with Crippen molar-refractivity contribution in [3.63, 3.8) is 0 Å². The molecule has 0 aromatic heterocycles. The lowest BCUT2D eigenvalue weighted by atomic mass is 9.67. The van der Waals surface area contributed by atoms with Crippen LogP contribution in [-0.4, -0.2) is 31.4 Å². The highest BCUT2D eigenvalue weighted by molar-refractivity contribution is 6.32. The number of nitrogens with zero attached hydrogens (tertiary/aromatic N) is 1. The van der Waals surface area contributed by atoms with Crippen molar-refractivity contribution in [2.45, 2.75) is 39.5 Å². The summed E-state index contributed by atoms with van der Waals surface area (Å²) in [6, 6.07) is 3.44. The Morgan fingerprint density at radius 3 is 2.61 bits per heavy atom. The Labute approximate surface area is 168 Å². The van der Waals surface area contributed by atoms with Crippen LogP contribution in [0.3, 0.4) is 0 Å². The largest absolute Gasteiger partial charge is 0.468 e. The number of esters is 1. The van der Waals surface area contributed by atoms with Crippen LogP contribution in [0.25, 0.3) is 0 Å². The molecule has 1 aromatic carbocycles. The number of halogens is 1. The van der Waals surface area contributed by atoms with Gasteiger partial charge in [-0.1, -0.05) is 25.4 Å². The average molecular weight is 404 g/mol. The van der Waals surface area contributed by atoms with E-state index in [2.05, 4.69) is 18.8 Å². The summed E-state index contributed by atoms with van der Waals surface area (Å²) in [7, 11) is 1.34. The van der Waals surface area contributed by atoms with E-state index in [-0.39, 0.29) is 18.0 Å². The van der Waals surface area contributed by atoms with E-state index in [4.69, 9.17) is 25.8 Å². The van der Waals surface area contributed by atoms with Crippen molar-refractivity contribution >= 4 is 29.1 Å². The molecule has 6 nitrogen and oxygen atoms in total. The molecule has 3 aliphatic rings. The van der Waals surface area contributed by atoms with Crippen LogP contribution in [0.1, 0.15) is 45.1 Å². The summed E-state index contributed by atoms with van der Waals surface area (Å²) in [5.74, 6) is -0.625. The Morgan fingerprint density at radius 2 is 1.93 bits per heavy atom. The molecule has 28 heavy (non-hydrogen) atoms. The molecule has 2 atom stereocenters. The van der Waals surface area contributed by atoms with Crippen LogP contribution in [0.4, 0.5) is 0 Å². The van der Waals surface area contributed by atoms with E-state index in [9.17, 15) is 9.59 Å². The van der Waals surface area contributed by atoms with Gasteiger partial charge in [0.1, 0.15) is 5.92 Å². The molecule has 0 radical (unpaired) electrons. The van der Waals surface area contributed by atoms with Gasteiger partial charge in [-0.2, -0.15) is 0 Å². The third-order valence-corrected chi connectivity index (χ3v) is 5.91. The van der Waals surface area contributed by atoms with E-state index in [1.165, 1.54) is 7.11 Å². The number of methoxy groups -OCH3 is 1. The van der Waals surface area contributed by atoms with Gasteiger partial charge >= 0.3 is 5.97 Å². The quantitative estimate of drug-likeness (QED) is 0.696. The third kappa shape index (κ3) is 3.00. The maximum Gasteiger partial charge on any atom is 0.315 e. The van der Waals surface area contributed by atoms with Crippen molar-refractivity contribution in [2.75, 3.05) is 13.9 Å². The zero-order valence-electron chi connectivity index (χ0n) is 16.3. The summed E-state index contributed by atoms with van der Waals surface area (Å²) in [6.45, 7) is 6.01. The molecular weight excluding hydrogens is 382 g/mol. The SMILES string of the molecule is COC(=O)C1C(C)=NC2=C(C(=O)CC(C)(C)C2)[C@H]1c1cc2c(cc1Cl)OCO2. The second-order valence-electron chi connectivity index (χ2n) is 8.26. The number of rotatable bonds is 2.